The molecular formula is C59H48N4OPt-2. The third-order valence-corrected chi connectivity index (χ3v) is 12.3. The molecule has 4 aromatic heterocycles. The van der Waals surface area contributed by atoms with E-state index in [4.69, 9.17) is 9.40 Å². The minimum Gasteiger partial charge on any atom is -0.464 e. The van der Waals surface area contributed by atoms with Gasteiger partial charge in [-0.15, -0.1) is 5.39 Å². The van der Waals surface area contributed by atoms with Crippen LogP contribution in [0.5, 0.6) is 0 Å². The molecule has 0 amide bonds. The van der Waals surface area contributed by atoms with Crippen LogP contribution in [-0.2, 0) is 38.3 Å². The number of para-hydroxylation sites is 3. The van der Waals surface area contributed by atoms with E-state index in [9.17, 15) is 2.74 Å². The van der Waals surface area contributed by atoms with Gasteiger partial charge in [0.15, 0.2) is 0 Å². The summed E-state index contributed by atoms with van der Waals surface area (Å²) in [7, 11) is 0. The summed E-state index contributed by atoms with van der Waals surface area (Å²) in [5.74, 6) is 0.669. The minimum atomic E-state index is -1.97. The number of rotatable bonds is 7. The maximum Gasteiger partial charge on any atom is 0.268 e. The SMILES string of the molecule is [2H]C([2H])(c1[c-]c(-n2[c-][n+](-c3c(-c4ccccc4)cc(C(C)(C)C)cc3-c3cccc(C(C)(C)C)c3)c3ccccc32)ccc1)c1[c-]c2c(cc1)c1ccccc1n2-c1cc2occc2cn1.[Pt]. The second-order valence-corrected chi connectivity index (χ2v) is 18.7. The smallest absolute Gasteiger partial charge is 0.268 e. The quantitative estimate of drug-likeness (QED) is 0.118. The number of fused-ring (bicyclic) bond motifs is 5. The molecule has 11 rings (SSSR count). The standard InChI is InChI=1S/C59H48N4O.Pt/c1-58(2,3)44-20-15-19-42(33-44)50-35-45(59(4,5)6)34-49(41-17-8-7-9-18-41)57(50)62-38-61(52-24-12-13-25-53(52)62)46-21-14-16-39(31-46)30-40-26-27-48-47-22-10-11-23-51(47)63(54(48)32-40)56-36-55-43(37-60-56)28-29-64-55;/h7-29,33-37H,30H2,1-6H3;/q-2;/i30D2;. The number of nitrogens with zero attached hydrogens (tertiary/aromatic N) is 4. The van der Waals surface area contributed by atoms with Crippen molar-refractivity contribution in [2.45, 2.75) is 58.7 Å². The van der Waals surface area contributed by atoms with E-state index in [1.165, 1.54) is 11.1 Å². The molecular weight excluding hydrogens is 976 g/mol. The molecule has 322 valence electrons. The van der Waals surface area contributed by atoms with Gasteiger partial charge in [-0.1, -0.05) is 156 Å². The topological polar surface area (TPSA) is 39.8 Å². The molecule has 4 heterocycles. The molecule has 0 unspecified atom stereocenters. The third-order valence-electron chi connectivity index (χ3n) is 12.3. The summed E-state index contributed by atoms with van der Waals surface area (Å²) in [6.07, 6.45) is 5.29. The van der Waals surface area contributed by atoms with Crippen LogP contribution >= 0.6 is 0 Å². The molecule has 0 radical (unpaired) electrons. The van der Waals surface area contributed by atoms with Gasteiger partial charge in [0.05, 0.1) is 23.0 Å². The van der Waals surface area contributed by atoms with Crippen LogP contribution in [0.15, 0.2) is 175 Å². The van der Waals surface area contributed by atoms with Gasteiger partial charge in [-0.2, -0.15) is 53.6 Å². The Labute approximate surface area is 397 Å². The van der Waals surface area contributed by atoms with Crippen molar-refractivity contribution in [2.24, 2.45) is 0 Å². The Morgan fingerprint density at radius 3 is 2.12 bits per heavy atom. The van der Waals surface area contributed by atoms with Crippen molar-refractivity contribution in [3.8, 4) is 39.4 Å². The van der Waals surface area contributed by atoms with E-state index in [2.05, 4.69) is 162 Å². The summed E-state index contributed by atoms with van der Waals surface area (Å²) in [5.41, 5.74) is 13.5. The molecule has 0 N–H and O–H groups in total. The van der Waals surface area contributed by atoms with Gasteiger partial charge < -0.3 is 13.6 Å². The fourth-order valence-electron chi connectivity index (χ4n) is 8.90. The van der Waals surface area contributed by atoms with E-state index in [0.29, 0.717) is 22.6 Å². The second-order valence-electron chi connectivity index (χ2n) is 18.7. The molecule has 11 aromatic rings. The molecule has 0 bridgehead atoms. The summed E-state index contributed by atoms with van der Waals surface area (Å²) >= 11 is 0. The molecule has 0 spiro atoms. The molecule has 6 heteroatoms. The van der Waals surface area contributed by atoms with E-state index in [1.807, 2.05) is 69.8 Å². The van der Waals surface area contributed by atoms with Crippen molar-refractivity contribution in [1.82, 2.24) is 14.1 Å². The largest absolute Gasteiger partial charge is 0.464 e. The Hall–Kier alpha value is -6.81. The van der Waals surface area contributed by atoms with Crippen LogP contribution in [0, 0.1) is 18.5 Å². The first-order valence-electron chi connectivity index (χ1n) is 22.9. The van der Waals surface area contributed by atoms with Gasteiger partial charge in [-0.05, 0) is 73.8 Å². The number of aromatic nitrogens is 4. The molecule has 7 aromatic carbocycles. The average Bonchev–Trinajstić information content (AvgIpc) is 4.05. The number of hydrogen-bond donors (Lipinski definition) is 0. The van der Waals surface area contributed by atoms with Gasteiger partial charge in [0.1, 0.15) is 11.4 Å². The van der Waals surface area contributed by atoms with Gasteiger partial charge in [0.25, 0.3) is 6.33 Å². The van der Waals surface area contributed by atoms with E-state index >= 15 is 0 Å². The summed E-state index contributed by atoms with van der Waals surface area (Å²) in [6, 6.07) is 61.1. The molecule has 5 nitrogen and oxygen atoms in total. The summed E-state index contributed by atoms with van der Waals surface area (Å²) in [5, 5.41) is 2.90. The zero-order valence-electron chi connectivity index (χ0n) is 39.2. The first-order valence-corrected chi connectivity index (χ1v) is 21.9. The summed E-state index contributed by atoms with van der Waals surface area (Å²) in [4.78, 5) is 4.81. The Bertz CT molecular complexity index is 3660. The van der Waals surface area contributed by atoms with Crippen LogP contribution in [0.25, 0.3) is 83.3 Å². The van der Waals surface area contributed by atoms with E-state index in [0.717, 1.165) is 71.7 Å². The van der Waals surface area contributed by atoms with Crippen LogP contribution in [0.4, 0.5) is 0 Å². The molecule has 0 aliphatic carbocycles. The fraction of sp³-hybridized carbons (Fsp3) is 0.153. The molecule has 65 heavy (non-hydrogen) atoms. The van der Waals surface area contributed by atoms with Gasteiger partial charge in [-0.25, -0.2) is 4.98 Å². The average molecular weight is 1030 g/mol. The van der Waals surface area contributed by atoms with Gasteiger partial charge in [0, 0.05) is 47.0 Å². The van der Waals surface area contributed by atoms with Crippen molar-refractivity contribution in [3.05, 3.63) is 211 Å². The number of furan rings is 1. The van der Waals surface area contributed by atoms with Crippen LogP contribution in [-0.4, -0.2) is 14.1 Å². The Morgan fingerprint density at radius 2 is 1.32 bits per heavy atom. The number of benzene rings is 7. The zero-order valence-corrected chi connectivity index (χ0v) is 39.5. The first kappa shape index (κ1) is 39.8. The minimum absolute atomic E-state index is 0. The first-order chi connectivity index (χ1) is 31.7. The van der Waals surface area contributed by atoms with Gasteiger partial charge in [-0.3, -0.25) is 4.57 Å². The molecule has 0 saturated heterocycles. The molecule has 0 fully saturated rings. The Balaban J connectivity index is 0.00000525. The molecule has 0 aliphatic heterocycles. The summed E-state index contributed by atoms with van der Waals surface area (Å²) < 4.78 is 31.5. The van der Waals surface area contributed by atoms with Crippen molar-refractivity contribution in [1.29, 1.82) is 0 Å². The predicted octanol–water partition coefficient (Wildman–Crippen LogP) is 14.1. The maximum absolute atomic E-state index is 9.76. The zero-order chi connectivity index (χ0) is 45.5. The van der Waals surface area contributed by atoms with E-state index in [1.54, 1.807) is 12.5 Å². The van der Waals surface area contributed by atoms with E-state index < -0.39 is 6.37 Å². The van der Waals surface area contributed by atoms with Gasteiger partial charge >= 0.3 is 0 Å². The van der Waals surface area contributed by atoms with Crippen molar-refractivity contribution >= 4 is 43.8 Å². The van der Waals surface area contributed by atoms with Crippen LogP contribution in [0.2, 0.25) is 0 Å². The number of pyridine rings is 1. The normalized spacial score (nSPS) is 12.8. The molecule has 0 aliphatic rings. The van der Waals surface area contributed by atoms with Crippen molar-refractivity contribution in [2.75, 3.05) is 0 Å². The van der Waals surface area contributed by atoms with Crippen LogP contribution < -0.4 is 4.57 Å². The van der Waals surface area contributed by atoms with Crippen molar-refractivity contribution in [3.63, 3.8) is 0 Å². The van der Waals surface area contributed by atoms with Crippen LogP contribution in [0.3, 0.4) is 0 Å². The summed E-state index contributed by atoms with van der Waals surface area (Å²) in [6.45, 7) is 13.6. The molecule has 0 atom stereocenters. The Morgan fingerprint density at radius 1 is 0.631 bits per heavy atom. The molecule has 0 saturated carbocycles. The van der Waals surface area contributed by atoms with Gasteiger partial charge in [0.2, 0.25) is 0 Å². The van der Waals surface area contributed by atoms with Crippen molar-refractivity contribution < 1.29 is 32.8 Å². The number of hydrogen-bond acceptors (Lipinski definition) is 2. The Kier molecular flexibility index (Phi) is 9.98. The fourth-order valence-corrected chi connectivity index (χ4v) is 8.90. The van der Waals surface area contributed by atoms with E-state index in [-0.39, 0.29) is 31.9 Å². The monoisotopic (exact) mass is 1030 g/mol. The maximum atomic E-state index is 9.76. The number of imidazole rings is 1. The second kappa shape index (κ2) is 16.3. The third kappa shape index (κ3) is 7.62. The van der Waals surface area contributed by atoms with Crippen LogP contribution in [0.1, 0.15) is 66.5 Å². The predicted molar refractivity (Wildman–Crippen MR) is 261 cm³/mol.